The lowest BCUT2D eigenvalue weighted by molar-refractivity contribution is -0.700. The Balaban J connectivity index is 1.78. The summed E-state index contributed by atoms with van der Waals surface area (Å²) in [6.07, 6.45) is 4.78. The van der Waals surface area contributed by atoms with Gasteiger partial charge in [0.25, 0.3) is 0 Å². The Morgan fingerprint density at radius 1 is 1.05 bits per heavy atom. The summed E-state index contributed by atoms with van der Waals surface area (Å²) < 4.78 is 26.9. The van der Waals surface area contributed by atoms with Gasteiger partial charge < -0.3 is 9.47 Å². The Labute approximate surface area is 123 Å². The fraction of sp³-hybridized carbons (Fsp3) is 0.353. The van der Waals surface area contributed by atoms with Gasteiger partial charge in [-0.1, -0.05) is 12.1 Å². The molecule has 3 rings (SSSR count). The van der Waals surface area contributed by atoms with Gasteiger partial charge in [-0.2, -0.15) is 0 Å². The van der Waals surface area contributed by atoms with Gasteiger partial charge in [-0.05, 0) is 24.6 Å². The molecule has 0 aliphatic carbocycles. The van der Waals surface area contributed by atoms with Gasteiger partial charge in [0.05, 0.1) is 19.6 Å². The summed E-state index contributed by atoms with van der Waals surface area (Å²) in [6, 6.07) is 10.5. The van der Waals surface area contributed by atoms with Crippen molar-refractivity contribution in [3.63, 3.8) is 0 Å². The van der Waals surface area contributed by atoms with Crippen molar-refractivity contribution in [1.29, 1.82) is 0 Å². The molecule has 1 aromatic carbocycles. The standard InChI is InChI=1S/C17H19FNO2/c1-14-6-9-19(10-7-14)11-8-17(20-12-13-21-17)15-2-4-16(18)5-3-15/h2-7,9-10H,8,11-13H2,1H3/q+1. The summed E-state index contributed by atoms with van der Waals surface area (Å²) in [5.41, 5.74) is 2.10. The smallest absolute Gasteiger partial charge is 0.201 e. The number of benzene rings is 1. The van der Waals surface area contributed by atoms with Gasteiger partial charge in [0.1, 0.15) is 5.82 Å². The lowest BCUT2D eigenvalue weighted by Gasteiger charge is -2.26. The van der Waals surface area contributed by atoms with E-state index in [0.29, 0.717) is 19.6 Å². The number of rotatable bonds is 4. The van der Waals surface area contributed by atoms with Gasteiger partial charge in [-0.25, -0.2) is 8.96 Å². The largest absolute Gasteiger partial charge is 0.343 e. The zero-order valence-corrected chi connectivity index (χ0v) is 12.1. The third kappa shape index (κ3) is 3.12. The van der Waals surface area contributed by atoms with Gasteiger partial charge in [0.2, 0.25) is 5.79 Å². The number of halogens is 1. The molecule has 0 amide bonds. The minimum absolute atomic E-state index is 0.250. The fourth-order valence-corrected chi connectivity index (χ4v) is 2.57. The minimum atomic E-state index is -0.758. The molecule has 0 atom stereocenters. The van der Waals surface area contributed by atoms with E-state index < -0.39 is 5.79 Å². The van der Waals surface area contributed by atoms with Crippen molar-refractivity contribution in [3.8, 4) is 0 Å². The first kappa shape index (κ1) is 14.2. The number of pyridine rings is 1. The maximum atomic E-state index is 13.1. The Morgan fingerprint density at radius 3 is 2.29 bits per heavy atom. The van der Waals surface area contributed by atoms with Crippen molar-refractivity contribution in [2.45, 2.75) is 25.7 Å². The molecule has 1 aliphatic heterocycles. The van der Waals surface area contributed by atoms with Crippen LogP contribution in [0, 0.1) is 12.7 Å². The summed E-state index contributed by atoms with van der Waals surface area (Å²) in [6.45, 7) is 3.97. The summed E-state index contributed by atoms with van der Waals surface area (Å²) in [5, 5.41) is 0. The van der Waals surface area contributed by atoms with Crippen LogP contribution in [0.3, 0.4) is 0 Å². The maximum absolute atomic E-state index is 13.1. The number of ether oxygens (including phenoxy) is 2. The van der Waals surface area contributed by atoms with Crippen LogP contribution in [-0.4, -0.2) is 13.2 Å². The van der Waals surface area contributed by atoms with Crippen molar-refractivity contribution in [3.05, 3.63) is 65.7 Å². The molecule has 4 heteroatoms. The molecule has 21 heavy (non-hydrogen) atoms. The predicted octanol–water partition coefficient (Wildman–Crippen LogP) is 2.71. The van der Waals surface area contributed by atoms with Crippen molar-refractivity contribution in [2.24, 2.45) is 0 Å². The minimum Gasteiger partial charge on any atom is -0.343 e. The predicted molar refractivity (Wildman–Crippen MR) is 76.0 cm³/mol. The Morgan fingerprint density at radius 2 is 1.67 bits per heavy atom. The van der Waals surface area contributed by atoms with Crippen LogP contribution >= 0.6 is 0 Å². The van der Waals surface area contributed by atoms with E-state index in [0.717, 1.165) is 12.1 Å². The van der Waals surface area contributed by atoms with E-state index in [-0.39, 0.29) is 5.82 Å². The summed E-state index contributed by atoms with van der Waals surface area (Å²) in [5.74, 6) is -1.01. The van der Waals surface area contributed by atoms with Gasteiger partial charge in [-0.3, -0.25) is 0 Å². The third-order valence-corrected chi connectivity index (χ3v) is 3.79. The van der Waals surface area contributed by atoms with Crippen molar-refractivity contribution in [2.75, 3.05) is 13.2 Å². The van der Waals surface area contributed by atoms with E-state index in [9.17, 15) is 4.39 Å². The quantitative estimate of drug-likeness (QED) is 0.807. The number of hydrogen-bond donors (Lipinski definition) is 0. The molecule has 0 bridgehead atoms. The summed E-state index contributed by atoms with van der Waals surface area (Å²) in [4.78, 5) is 0. The molecular formula is C17H19FNO2+. The number of nitrogens with zero attached hydrogens (tertiary/aromatic N) is 1. The SMILES string of the molecule is Cc1cc[n+](CCC2(c3ccc(F)cc3)OCCO2)cc1. The van der Waals surface area contributed by atoms with E-state index in [1.807, 2.05) is 12.4 Å². The van der Waals surface area contributed by atoms with Gasteiger partial charge in [0, 0.05) is 17.7 Å². The molecular weight excluding hydrogens is 269 g/mol. The summed E-state index contributed by atoms with van der Waals surface area (Å²) >= 11 is 0. The fourth-order valence-electron chi connectivity index (χ4n) is 2.57. The second kappa shape index (κ2) is 5.92. The van der Waals surface area contributed by atoms with Crippen LogP contribution in [0.5, 0.6) is 0 Å². The molecule has 0 N–H and O–H groups in total. The van der Waals surface area contributed by atoms with E-state index >= 15 is 0 Å². The summed E-state index contributed by atoms with van der Waals surface area (Å²) in [7, 11) is 0. The Kier molecular flexibility index (Phi) is 3.99. The molecule has 2 heterocycles. The first-order chi connectivity index (χ1) is 10.2. The monoisotopic (exact) mass is 288 g/mol. The first-order valence-electron chi connectivity index (χ1n) is 7.18. The molecule has 0 radical (unpaired) electrons. The topological polar surface area (TPSA) is 22.3 Å². The molecule has 1 saturated heterocycles. The van der Waals surface area contributed by atoms with Crippen molar-refractivity contribution in [1.82, 2.24) is 0 Å². The molecule has 0 saturated carbocycles. The average molecular weight is 288 g/mol. The second-order valence-corrected chi connectivity index (χ2v) is 5.32. The number of hydrogen-bond acceptors (Lipinski definition) is 2. The van der Waals surface area contributed by atoms with Gasteiger partial charge in [-0.15, -0.1) is 0 Å². The van der Waals surface area contributed by atoms with E-state index in [1.54, 1.807) is 12.1 Å². The van der Waals surface area contributed by atoms with E-state index in [2.05, 4.69) is 23.6 Å². The molecule has 1 fully saturated rings. The lowest BCUT2D eigenvalue weighted by atomic mass is 10.0. The van der Waals surface area contributed by atoms with Crippen molar-refractivity contribution < 1.29 is 18.4 Å². The highest BCUT2D eigenvalue weighted by molar-refractivity contribution is 5.21. The molecule has 1 aliphatic rings. The first-order valence-corrected chi connectivity index (χ1v) is 7.18. The van der Waals surface area contributed by atoms with Gasteiger partial charge >= 0.3 is 0 Å². The highest BCUT2D eigenvalue weighted by atomic mass is 19.1. The molecule has 2 aromatic rings. The van der Waals surface area contributed by atoms with E-state index in [1.165, 1.54) is 17.7 Å². The Hall–Kier alpha value is -1.78. The zero-order valence-electron chi connectivity index (χ0n) is 12.1. The van der Waals surface area contributed by atoms with Crippen LogP contribution in [-0.2, 0) is 21.8 Å². The molecule has 0 unspecified atom stereocenters. The number of aryl methyl sites for hydroxylation is 2. The van der Waals surface area contributed by atoms with Gasteiger partial charge in [0.15, 0.2) is 18.9 Å². The van der Waals surface area contributed by atoms with E-state index in [4.69, 9.17) is 9.47 Å². The molecule has 110 valence electrons. The Bertz CT molecular complexity index is 589. The van der Waals surface area contributed by atoms with Crippen LogP contribution in [0.25, 0.3) is 0 Å². The van der Waals surface area contributed by atoms with Crippen LogP contribution in [0.4, 0.5) is 4.39 Å². The van der Waals surface area contributed by atoms with Crippen LogP contribution in [0.1, 0.15) is 17.5 Å². The lowest BCUT2D eigenvalue weighted by Crippen LogP contribution is -2.38. The maximum Gasteiger partial charge on any atom is 0.201 e. The van der Waals surface area contributed by atoms with Crippen molar-refractivity contribution >= 4 is 0 Å². The van der Waals surface area contributed by atoms with Crippen LogP contribution in [0.15, 0.2) is 48.8 Å². The number of aromatic nitrogens is 1. The third-order valence-electron chi connectivity index (χ3n) is 3.79. The highest BCUT2D eigenvalue weighted by Gasteiger charge is 2.39. The second-order valence-electron chi connectivity index (χ2n) is 5.32. The van der Waals surface area contributed by atoms with Crippen LogP contribution < -0.4 is 4.57 Å². The molecule has 1 aromatic heterocycles. The van der Waals surface area contributed by atoms with Crippen LogP contribution in [0.2, 0.25) is 0 Å². The molecule has 3 nitrogen and oxygen atoms in total. The average Bonchev–Trinajstić information content (AvgIpc) is 2.97. The zero-order chi connectivity index (χ0) is 14.7. The molecule has 0 spiro atoms. The normalized spacial score (nSPS) is 17.0. The highest BCUT2D eigenvalue weighted by Crippen LogP contribution is 2.34.